The number of hydrogen-bond acceptors (Lipinski definition) is 5. The van der Waals surface area contributed by atoms with Gasteiger partial charge in [-0.15, -0.1) is 0 Å². The molecule has 3 aromatic carbocycles. The van der Waals surface area contributed by atoms with Crippen LogP contribution in [0.15, 0.2) is 71.1 Å². The number of benzene rings is 3. The van der Waals surface area contributed by atoms with E-state index in [0.717, 1.165) is 35.2 Å². The van der Waals surface area contributed by atoms with Gasteiger partial charge in [0.15, 0.2) is 5.58 Å². The Labute approximate surface area is 186 Å². The number of nitrogens with zero attached hydrogens (tertiary/aromatic N) is 2. The van der Waals surface area contributed by atoms with Gasteiger partial charge in [0.2, 0.25) is 5.89 Å². The number of oxazole rings is 1. The summed E-state index contributed by atoms with van der Waals surface area (Å²) in [6.07, 6.45) is 1.74. The number of methoxy groups -OCH3 is 2. The Bertz CT molecular complexity index is 1280. The third kappa shape index (κ3) is 3.68. The van der Waals surface area contributed by atoms with Gasteiger partial charge in [0.05, 0.1) is 14.2 Å². The van der Waals surface area contributed by atoms with Gasteiger partial charge >= 0.3 is 0 Å². The number of hydrogen-bond donors (Lipinski definition) is 0. The second-order valence-corrected chi connectivity index (χ2v) is 7.86. The summed E-state index contributed by atoms with van der Waals surface area (Å²) in [5, 5.41) is 0. The van der Waals surface area contributed by atoms with Crippen LogP contribution in [0.25, 0.3) is 22.2 Å². The Morgan fingerprint density at radius 1 is 0.969 bits per heavy atom. The predicted octanol–water partition coefficient (Wildman–Crippen LogP) is 5.49. The summed E-state index contributed by atoms with van der Waals surface area (Å²) in [7, 11) is 3.26. The van der Waals surface area contributed by atoms with Crippen molar-refractivity contribution in [3.05, 3.63) is 78.2 Å². The van der Waals surface area contributed by atoms with E-state index in [4.69, 9.17) is 18.9 Å². The average molecular weight is 428 g/mol. The largest absolute Gasteiger partial charge is 0.497 e. The number of likely N-dealkylation sites (tertiary alicyclic amines) is 1. The van der Waals surface area contributed by atoms with Gasteiger partial charge in [-0.3, -0.25) is 4.79 Å². The Morgan fingerprint density at radius 3 is 2.53 bits per heavy atom. The zero-order valence-corrected chi connectivity index (χ0v) is 18.1. The molecule has 4 aromatic rings. The summed E-state index contributed by atoms with van der Waals surface area (Å²) >= 11 is 0. The molecule has 6 nitrogen and oxygen atoms in total. The van der Waals surface area contributed by atoms with Gasteiger partial charge in [-0.1, -0.05) is 24.3 Å². The quantitative estimate of drug-likeness (QED) is 0.421. The van der Waals surface area contributed by atoms with Crippen molar-refractivity contribution < 1.29 is 18.7 Å². The fourth-order valence-electron chi connectivity index (χ4n) is 4.26. The van der Waals surface area contributed by atoms with Gasteiger partial charge in [-0.2, -0.15) is 0 Å². The van der Waals surface area contributed by atoms with Gasteiger partial charge in [0.1, 0.15) is 23.1 Å². The minimum atomic E-state index is -0.179. The molecule has 0 radical (unpaired) electrons. The summed E-state index contributed by atoms with van der Waals surface area (Å²) in [6, 6.07) is 20.9. The molecule has 6 heteroatoms. The molecule has 1 fully saturated rings. The summed E-state index contributed by atoms with van der Waals surface area (Å²) < 4.78 is 16.7. The van der Waals surface area contributed by atoms with Crippen molar-refractivity contribution in [1.82, 2.24) is 9.88 Å². The highest BCUT2D eigenvalue weighted by molar-refractivity contribution is 5.95. The fourth-order valence-corrected chi connectivity index (χ4v) is 4.26. The molecule has 1 atom stereocenters. The molecular formula is C26H24N2O4. The van der Waals surface area contributed by atoms with E-state index >= 15 is 0 Å². The molecular weight excluding hydrogens is 404 g/mol. The maximum Gasteiger partial charge on any atom is 0.254 e. The molecule has 1 aromatic heterocycles. The molecule has 0 aliphatic carbocycles. The van der Waals surface area contributed by atoms with Crippen LogP contribution >= 0.6 is 0 Å². The van der Waals surface area contributed by atoms with E-state index in [2.05, 4.69) is 0 Å². The highest BCUT2D eigenvalue weighted by atomic mass is 16.5. The standard InChI is InChI=1S/C26H24N2O4/c1-30-20-8-3-6-17(14-20)18-11-12-24-22(16-18)27-25(32-24)23-10-5-13-28(23)26(29)19-7-4-9-21(15-19)31-2/h3-4,6-9,11-12,14-16,23H,5,10,13H2,1-2H3/t23-/m1/s1. The summed E-state index contributed by atoms with van der Waals surface area (Å²) in [6.45, 7) is 0.675. The first-order valence-corrected chi connectivity index (χ1v) is 10.7. The van der Waals surface area contributed by atoms with Crippen molar-refractivity contribution in [1.29, 1.82) is 0 Å². The Morgan fingerprint density at radius 2 is 1.72 bits per heavy atom. The van der Waals surface area contributed by atoms with Crippen molar-refractivity contribution in [2.24, 2.45) is 0 Å². The first-order chi connectivity index (χ1) is 15.7. The van der Waals surface area contributed by atoms with Crippen molar-refractivity contribution in [3.63, 3.8) is 0 Å². The zero-order chi connectivity index (χ0) is 22.1. The molecule has 1 saturated heterocycles. The maximum absolute atomic E-state index is 13.2. The third-order valence-corrected chi connectivity index (χ3v) is 5.92. The van der Waals surface area contributed by atoms with Gasteiger partial charge < -0.3 is 18.8 Å². The SMILES string of the molecule is COc1cccc(C(=O)N2CCC[C@@H]2c2nc3cc(-c4cccc(OC)c4)ccc3o2)c1. The van der Waals surface area contributed by atoms with E-state index < -0.39 is 0 Å². The lowest BCUT2D eigenvalue weighted by Gasteiger charge is -2.22. The van der Waals surface area contributed by atoms with Crippen LogP contribution in [0.2, 0.25) is 0 Å². The zero-order valence-electron chi connectivity index (χ0n) is 18.1. The van der Waals surface area contributed by atoms with E-state index in [9.17, 15) is 4.79 Å². The predicted molar refractivity (Wildman–Crippen MR) is 122 cm³/mol. The highest BCUT2D eigenvalue weighted by Gasteiger charge is 2.34. The fraction of sp³-hybridized carbons (Fsp3) is 0.231. The molecule has 32 heavy (non-hydrogen) atoms. The summed E-state index contributed by atoms with van der Waals surface area (Å²) in [5.74, 6) is 2.02. The number of aromatic nitrogens is 1. The van der Waals surface area contributed by atoms with E-state index in [1.807, 2.05) is 65.6 Å². The molecule has 5 rings (SSSR count). The molecule has 0 spiro atoms. The van der Waals surface area contributed by atoms with Crippen LogP contribution in [0, 0.1) is 0 Å². The number of amides is 1. The first-order valence-electron chi connectivity index (χ1n) is 10.7. The van der Waals surface area contributed by atoms with Crippen LogP contribution < -0.4 is 9.47 Å². The molecule has 2 heterocycles. The lowest BCUT2D eigenvalue weighted by Crippen LogP contribution is -2.30. The van der Waals surface area contributed by atoms with Gasteiger partial charge in [-0.05, 0) is 66.4 Å². The van der Waals surface area contributed by atoms with E-state index in [1.54, 1.807) is 20.3 Å². The molecule has 0 saturated carbocycles. The topological polar surface area (TPSA) is 64.8 Å². The van der Waals surface area contributed by atoms with Crippen LogP contribution in [0.3, 0.4) is 0 Å². The lowest BCUT2D eigenvalue weighted by molar-refractivity contribution is 0.0716. The van der Waals surface area contributed by atoms with Crippen molar-refractivity contribution in [2.45, 2.75) is 18.9 Å². The van der Waals surface area contributed by atoms with Gasteiger partial charge in [-0.25, -0.2) is 4.98 Å². The Kier molecular flexibility index (Phi) is 5.27. The summed E-state index contributed by atoms with van der Waals surface area (Å²) in [4.78, 5) is 19.8. The number of rotatable bonds is 5. The monoisotopic (exact) mass is 428 g/mol. The second kappa shape index (κ2) is 8.38. The van der Waals surface area contributed by atoms with E-state index in [0.29, 0.717) is 29.3 Å². The molecule has 1 aliphatic rings. The number of fused-ring (bicyclic) bond motifs is 1. The van der Waals surface area contributed by atoms with Crippen LogP contribution in [-0.4, -0.2) is 36.6 Å². The summed E-state index contributed by atoms with van der Waals surface area (Å²) in [5.41, 5.74) is 4.18. The van der Waals surface area contributed by atoms with Crippen molar-refractivity contribution in [2.75, 3.05) is 20.8 Å². The minimum absolute atomic E-state index is 0.0364. The molecule has 0 N–H and O–H groups in total. The van der Waals surface area contributed by atoms with E-state index in [-0.39, 0.29) is 11.9 Å². The number of ether oxygens (including phenoxy) is 2. The smallest absolute Gasteiger partial charge is 0.254 e. The van der Waals surface area contributed by atoms with Gasteiger partial charge in [0.25, 0.3) is 5.91 Å². The molecule has 1 amide bonds. The van der Waals surface area contributed by atoms with E-state index in [1.165, 1.54) is 0 Å². The molecule has 0 unspecified atom stereocenters. The molecule has 0 bridgehead atoms. The van der Waals surface area contributed by atoms with Crippen molar-refractivity contribution in [3.8, 4) is 22.6 Å². The minimum Gasteiger partial charge on any atom is -0.497 e. The normalized spacial score (nSPS) is 15.8. The third-order valence-electron chi connectivity index (χ3n) is 5.92. The first kappa shape index (κ1) is 20.1. The van der Waals surface area contributed by atoms with Crippen LogP contribution in [0.4, 0.5) is 0 Å². The Hall–Kier alpha value is -3.80. The number of carbonyl (C=O) groups excluding carboxylic acids is 1. The lowest BCUT2D eigenvalue weighted by atomic mass is 10.1. The van der Waals surface area contributed by atoms with Gasteiger partial charge in [0, 0.05) is 12.1 Å². The van der Waals surface area contributed by atoms with Crippen molar-refractivity contribution >= 4 is 17.0 Å². The van der Waals surface area contributed by atoms with Crippen LogP contribution in [0.1, 0.15) is 35.1 Å². The molecule has 1 aliphatic heterocycles. The number of carbonyl (C=O) groups is 1. The second-order valence-electron chi connectivity index (χ2n) is 7.86. The Balaban J connectivity index is 1.45. The average Bonchev–Trinajstić information content (AvgIpc) is 3.50. The highest BCUT2D eigenvalue weighted by Crippen LogP contribution is 2.35. The maximum atomic E-state index is 13.2. The molecule has 162 valence electrons. The van der Waals surface area contributed by atoms with Crippen LogP contribution in [0.5, 0.6) is 11.5 Å². The van der Waals surface area contributed by atoms with Crippen LogP contribution in [-0.2, 0) is 0 Å².